The van der Waals surface area contributed by atoms with Crippen molar-refractivity contribution in [3.63, 3.8) is 0 Å². The second-order valence-corrected chi connectivity index (χ2v) is 6.56. The van der Waals surface area contributed by atoms with Crippen molar-refractivity contribution in [1.29, 1.82) is 0 Å². The van der Waals surface area contributed by atoms with Crippen molar-refractivity contribution in [2.24, 2.45) is 5.84 Å². The number of hydrogen-bond donors (Lipinski definition) is 3. The zero-order valence-corrected chi connectivity index (χ0v) is 12.7. The molecular formula is C12H14N6S2. The van der Waals surface area contributed by atoms with Crippen LogP contribution >= 0.6 is 22.7 Å². The van der Waals surface area contributed by atoms with Crippen LogP contribution < -0.4 is 16.6 Å². The molecule has 0 radical (unpaired) electrons. The number of rotatable bonds is 4. The molecule has 4 N–H and O–H groups in total. The number of nitrogens with two attached hydrogens (primary N) is 1. The van der Waals surface area contributed by atoms with Crippen LogP contribution in [0.1, 0.15) is 18.9 Å². The molecule has 0 saturated heterocycles. The Morgan fingerprint density at radius 3 is 2.75 bits per heavy atom. The lowest BCUT2D eigenvalue weighted by Gasteiger charge is -2.25. The topological polar surface area (TPSA) is 88.8 Å². The minimum absolute atomic E-state index is 0.316. The summed E-state index contributed by atoms with van der Waals surface area (Å²) in [5, 5.41) is 9.37. The summed E-state index contributed by atoms with van der Waals surface area (Å²) in [5.41, 5.74) is 2.19. The Labute approximate surface area is 124 Å². The molecular weight excluding hydrogens is 292 g/mol. The Kier molecular flexibility index (Phi) is 3.28. The number of hydrazine groups is 1. The number of thiazole rings is 1. The summed E-state index contributed by atoms with van der Waals surface area (Å²) >= 11 is 3.17. The van der Waals surface area contributed by atoms with E-state index in [1.165, 1.54) is 0 Å². The summed E-state index contributed by atoms with van der Waals surface area (Å²) < 4.78 is 0. The van der Waals surface area contributed by atoms with Gasteiger partial charge in [0.25, 0.3) is 0 Å². The average molecular weight is 306 g/mol. The first-order chi connectivity index (χ1) is 9.60. The maximum atomic E-state index is 5.43. The van der Waals surface area contributed by atoms with Gasteiger partial charge in [-0.2, -0.15) is 4.98 Å². The van der Waals surface area contributed by atoms with Crippen molar-refractivity contribution < 1.29 is 0 Å². The van der Waals surface area contributed by atoms with Crippen LogP contribution in [0.3, 0.4) is 0 Å². The van der Waals surface area contributed by atoms with Crippen LogP contribution in [-0.2, 0) is 5.54 Å². The molecule has 3 aromatic rings. The number of nitrogens with one attached hydrogen (secondary N) is 2. The van der Waals surface area contributed by atoms with Gasteiger partial charge in [-0.3, -0.25) is 5.43 Å². The van der Waals surface area contributed by atoms with E-state index in [4.69, 9.17) is 5.84 Å². The molecule has 0 spiro atoms. The lowest BCUT2D eigenvalue weighted by molar-refractivity contribution is 0.602. The molecule has 0 bridgehead atoms. The van der Waals surface area contributed by atoms with E-state index in [0.717, 1.165) is 21.0 Å². The van der Waals surface area contributed by atoms with Gasteiger partial charge >= 0.3 is 0 Å². The maximum Gasteiger partial charge on any atom is 0.240 e. The molecule has 0 atom stereocenters. The normalized spacial score (nSPS) is 11.8. The fourth-order valence-electron chi connectivity index (χ4n) is 1.90. The monoisotopic (exact) mass is 306 g/mol. The summed E-state index contributed by atoms with van der Waals surface area (Å²) in [6, 6.07) is 2.00. The summed E-state index contributed by atoms with van der Waals surface area (Å²) in [5.74, 6) is 6.58. The van der Waals surface area contributed by atoms with Gasteiger partial charge in [-0.1, -0.05) is 0 Å². The first-order valence-corrected chi connectivity index (χ1v) is 7.76. The molecule has 0 aromatic carbocycles. The highest BCUT2D eigenvalue weighted by Crippen LogP contribution is 2.32. The smallest absolute Gasteiger partial charge is 0.240 e. The Balaban J connectivity index is 2.03. The fourth-order valence-corrected chi connectivity index (χ4v) is 3.38. The van der Waals surface area contributed by atoms with Gasteiger partial charge < -0.3 is 5.32 Å². The molecule has 8 heteroatoms. The molecule has 0 unspecified atom stereocenters. The van der Waals surface area contributed by atoms with Crippen LogP contribution in [0.5, 0.6) is 0 Å². The predicted octanol–water partition coefficient (Wildman–Crippen LogP) is 2.78. The molecule has 3 heterocycles. The van der Waals surface area contributed by atoms with E-state index in [1.807, 2.05) is 16.8 Å². The Morgan fingerprint density at radius 1 is 1.20 bits per heavy atom. The molecule has 104 valence electrons. The fraction of sp³-hybridized carbons (Fsp3) is 0.250. The van der Waals surface area contributed by atoms with Crippen LogP contribution in [0.2, 0.25) is 0 Å². The van der Waals surface area contributed by atoms with Crippen LogP contribution in [0.25, 0.3) is 10.2 Å². The van der Waals surface area contributed by atoms with Crippen molar-refractivity contribution in [2.45, 2.75) is 19.4 Å². The average Bonchev–Trinajstić information content (AvgIpc) is 3.09. The zero-order chi connectivity index (χ0) is 14.2. The summed E-state index contributed by atoms with van der Waals surface area (Å²) in [6.07, 6.45) is 1.80. The van der Waals surface area contributed by atoms with E-state index in [2.05, 4.69) is 39.5 Å². The van der Waals surface area contributed by atoms with Crippen LogP contribution in [0.15, 0.2) is 23.0 Å². The molecule has 0 aliphatic rings. The Bertz CT molecular complexity index is 719. The van der Waals surface area contributed by atoms with Gasteiger partial charge in [0.1, 0.15) is 15.7 Å². The highest BCUT2D eigenvalue weighted by Gasteiger charge is 2.25. The molecule has 3 aromatic heterocycles. The van der Waals surface area contributed by atoms with Crippen LogP contribution in [0.4, 0.5) is 11.8 Å². The van der Waals surface area contributed by atoms with Gasteiger partial charge in [0.15, 0.2) is 0 Å². The molecule has 0 aliphatic heterocycles. The third kappa shape index (κ3) is 2.33. The van der Waals surface area contributed by atoms with Crippen molar-refractivity contribution in [3.8, 4) is 0 Å². The van der Waals surface area contributed by atoms with E-state index in [9.17, 15) is 0 Å². The SMILES string of the molecule is CC(C)(Nc1nc(NN)nc2sccc12)c1nccs1. The van der Waals surface area contributed by atoms with Crippen molar-refractivity contribution in [3.05, 3.63) is 28.0 Å². The molecule has 0 amide bonds. The Hall–Kier alpha value is -1.77. The van der Waals surface area contributed by atoms with Gasteiger partial charge in [0.2, 0.25) is 5.95 Å². The van der Waals surface area contributed by atoms with Gasteiger partial charge in [0, 0.05) is 11.6 Å². The number of thiophene rings is 1. The lowest BCUT2D eigenvalue weighted by Crippen LogP contribution is -2.28. The largest absolute Gasteiger partial charge is 0.358 e. The summed E-state index contributed by atoms with van der Waals surface area (Å²) in [7, 11) is 0. The second kappa shape index (κ2) is 4.97. The predicted molar refractivity (Wildman–Crippen MR) is 84.0 cm³/mol. The summed E-state index contributed by atoms with van der Waals surface area (Å²) in [6.45, 7) is 4.14. The third-order valence-electron chi connectivity index (χ3n) is 2.85. The second-order valence-electron chi connectivity index (χ2n) is 4.77. The lowest BCUT2D eigenvalue weighted by atomic mass is 10.1. The van der Waals surface area contributed by atoms with Gasteiger partial charge in [-0.25, -0.2) is 15.8 Å². The van der Waals surface area contributed by atoms with Crippen LogP contribution in [-0.4, -0.2) is 15.0 Å². The molecule has 3 rings (SSSR count). The van der Waals surface area contributed by atoms with Gasteiger partial charge in [-0.15, -0.1) is 22.7 Å². The van der Waals surface area contributed by atoms with E-state index < -0.39 is 0 Å². The van der Waals surface area contributed by atoms with Gasteiger partial charge in [0.05, 0.1) is 10.9 Å². The number of fused-ring (bicyclic) bond motifs is 1. The van der Waals surface area contributed by atoms with E-state index in [1.54, 1.807) is 28.9 Å². The third-order valence-corrected chi connectivity index (χ3v) is 4.76. The number of nitrogens with zero attached hydrogens (tertiary/aromatic N) is 3. The highest BCUT2D eigenvalue weighted by molar-refractivity contribution is 7.16. The summed E-state index contributed by atoms with van der Waals surface area (Å²) in [4.78, 5) is 14.0. The van der Waals surface area contributed by atoms with Crippen molar-refractivity contribution in [1.82, 2.24) is 15.0 Å². The zero-order valence-electron chi connectivity index (χ0n) is 11.0. The number of hydrogen-bond acceptors (Lipinski definition) is 8. The minimum atomic E-state index is -0.316. The number of nitrogen functional groups attached to an aromatic ring is 1. The first kappa shape index (κ1) is 13.2. The quantitative estimate of drug-likeness (QED) is 0.507. The molecule has 0 aliphatic carbocycles. The first-order valence-electron chi connectivity index (χ1n) is 6.00. The maximum absolute atomic E-state index is 5.43. The molecule has 0 fully saturated rings. The highest BCUT2D eigenvalue weighted by atomic mass is 32.1. The number of aromatic nitrogens is 3. The van der Waals surface area contributed by atoms with E-state index in [0.29, 0.717) is 5.95 Å². The van der Waals surface area contributed by atoms with E-state index >= 15 is 0 Å². The Morgan fingerprint density at radius 2 is 2.05 bits per heavy atom. The number of anilines is 2. The molecule has 20 heavy (non-hydrogen) atoms. The van der Waals surface area contributed by atoms with Crippen molar-refractivity contribution >= 4 is 44.7 Å². The minimum Gasteiger partial charge on any atom is -0.358 e. The molecule has 0 saturated carbocycles. The van der Waals surface area contributed by atoms with E-state index in [-0.39, 0.29) is 5.54 Å². The van der Waals surface area contributed by atoms with Gasteiger partial charge in [-0.05, 0) is 25.3 Å². The van der Waals surface area contributed by atoms with Crippen LogP contribution in [0, 0.1) is 0 Å². The standard InChI is InChI=1S/C12H14N6S2/c1-12(2,10-14-4-6-20-10)17-8-7-3-5-19-9(7)16-11(15-8)18-13/h3-6H,13H2,1-2H3,(H2,15,16,17,18). The molecule has 6 nitrogen and oxygen atoms in total. The van der Waals surface area contributed by atoms with Crippen molar-refractivity contribution in [2.75, 3.05) is 10.7 Å².